The maximum Gasteiger partial charge on any atom is 0.242 e. The first-order chi connectivity index (χ1) is 9.06. The van der Waals surface area contributed by atoms with Crippen LogP contribution in [0.3, 0.4) is 0 Å². The van der Waals surface area contributed by atoms with Crippen molar-refractivity contribution in [2.45, 2.75) is 33.2 Å². The third-order valence-electron chi connectivity index (χ3n) is 3.19. The molecule has 19 heavy (non-hydrogen) atoms. The molecule has 0 aliphatic rings. The van der Waals surface area contributed by atoms with Crippen LogP contribution in [-0.2, 0) is 9.53 Å². The summed E-state index contributed by atoms with van der Waals surface area (Å²) in [5.41, 5.74) is 3.42. The summed E-state index contributed by atoms with van der Waals surface area (Å²) < 4.78 is 4.94. The first-order valence-electron chi connectivity index (χ1n) is 6.65. The number of aryl methyl sites for hydroxylation is 1. The van der Waals surface area contributed by atoms with Crippen molar-refractivity contribution in [2.24, 2.45) is 0 Å². The minimum atomic E-state index is -0.247. The lowest BCUT2D eigenvalue weighted by Crippen LogP contribution is -2.38. The number of rotatable bonds is 7. The molecule has 0 aliphatic heterocycles. The largest absolute Gasteiger partial charge is 0.385 e. The van der Waals surface area contributed by atoms with Crippen LogP contribution in [0.25, 0.3) is 0 Å². The fourth-order valence-electron chi connectivity index (χ4n) is 1.79. The van der Waals surface area contributed by atoms with E-state index in [0.29, 0.717) is 13.2 Å². The molecule has 1 unspecified atom stereocenters. The monoisotopic (exact) mass is 264 g/mol. The number of nitrogens with one attached hydrogen (secondary N) is 2. The number of carbonyl (C=O) groups excluding carboxylic acids is 1. The van der Waals surface area contributed by atoms with Crippen molar-refractivity contribution in [3.05, 3.63) is 29.3 Å². The highest BCUT2D eigenvalue weighted by atomic mass is 16.5. The molecular weight excluding hydrogens is 240 g/mol. The summed E-state index contributed by atoms with van der Waals surface area (Å²) in [6, 6.07) is 5.81. The zero-order chi connectivity index (χ0) is 14.3. The molecule has 106 valence electrons. The minimum Gasteiger partial charge on any atom is -0.385 e. The van der Waals surface area contributed by atoms with Gasteiger partial charge in [0.1, 0.15) is 6.04 Å². The maximum atomic E-state index is 11.9. The fourth-order valence-corrected chi connectivity index (χ4v) is 1.79. The van der Waals surface area contributed by atoms with Crippen LogP contribution >= 0.6 is 0 Å². The van der Waals surface area contributed by atoms with Crippen molar-refractivity contribution in [1.29, 1.82) is 0 Å². The topological polar surface area (TPSA) is 50.4 Å². The molecule has 0 aliphatic carbocycles. The molecule has 0 saturated heterocycles. The van der Waals surface area contributed by atoms with Crippen molar-refractivity contribution in [2.75, 3.05) is 25.6 Å². The smallest absolute Gasteiger partial charge is 0.242 e. The maximum absolute atomic E-state index is 11.9. The van der Waals surface area contributed by atoms with E-state index in [1.165, 1.54) is 11.1 Å². The van der Waals surface area contributed by atoms with Gasteiger partial charge in [0, 0.05) is 25.9 Å². The summed E-state index contributed by atoms with van der Waals surface area (Å²) in [6.07, 6.45) is 0.832. The van der Waals surface area contributed by atoms with E-state index in [-0.39, 0.29) is 11.9 Å². The van der Waals surface area contributed by atoms with Gasteiger partial charge in [-0.05, 0) is 44.4 Å². The second kappa shape index (κ2) is 7.79. The second-order valence-corrected chi connectivity index (χ2v) is 4.75. The Hall–Kier alpha value is -1.55. The van der Waals surface area contributed by atoms with E-state index in [2.05, 4.69) is 30.5 Å². The molecule has 2 N–H and O–H groups in total. The van der Waals surface area contributed by atoms with Crippen LogP contribution in [-0.4, -0.2) is 32.2 Å². The van der Waals surface area contributed by atoms with Crippen molar-refractivity contribution >= 4 is 11.6 Å². The summed E-state index contributed by atoms with van der Waals surface area (Å²) in [4.78, 5) is 11.9. The average molecular weight is 264 g/mol. The SMILES string of the molecule is COCCCNC(=O)C(C)Nc1cccc(C)c1C. The summed E-state index contributed by atoms with van der Waals surface area (Å²) in [6.45, 7) is 7.30. The van der Waals surface area contributed by atoms with E-state index in [9.17, 15) is 4.79 Å². The van der Waals surface area contributed by atoms with Crippen LogP contribution in [0.4, 0.5) is 5.69 Å². The normalized spacial score (nSPS) is 12.0. The molecule has 0 spiro atoms. The first kappa shape index (κ1) is 15.5. The number of ether oxygens (including phenoxy) is 1. The third kappa shape index (κ3) is 4.91. The Kier molecular flexibility index (Phi) is 6.36. The standard InChI is InChI=1S/C15H24N2O2/c1-11-7-5-8-14(12(11)2)17-13(3)15(18)16-9-6-10-19-4/h5,7-8,13,17H,6,9-10H2,1-4H3,(H,16,18). The third-order valence-corrected chi connectivity index (χ3v) is 3.19. The van der Waals surface area contributed by atoms with Crippen LogP contribution in [0.5, 0.6) is 0 Å². The number of benzene rings is 1. The first-order valence-corrected chi connectivity index (χ1v) is 6.65. The molecule has 1 aromatic rings. The van der Waals surface area contributed by atoms with Gasteiger partial charge < -0.3 is 15.4 Å². The molecule has 0 saturated carbocycles. The van der Waals surface area contributed by atoms with Crippen molar-refractivity contribution in [3.63, 3.8) is 0 Å². The Morgan fingerprint density at radius 2 is 2.11 bits per heavy atom. The Labute approximate surface area is 115 Å². The Bertz CT molecular complexity index is 419. The van der Waals surface area contributed by atoms with E-state index >= 15 is 0 Å². The number of methoxy groups -OCH3 is 1. The zero-order valence-electron chi connectivity index (χ0n) is 12.2. The van der Waals surface area contributed by atoms with Crippen LogP contribution in [0.2, 0.25) is 0 Å². The van der Waals surface area contributed by atoms with E-state index in [1.54, 1.807) is 7.11 Å². The summed E-state index contributed by atoms with van der Waals surface area (Å²) >= 11 is 0. The highest BCUT2D eigenvalue weighted by molar-refractivity contribution is 5.84. The van der Waals surface area contributed by atoms with Gasteiger partial charge in [-0.15, -0.1) is 0 Å². The predicted molar refractivity (Wildman–Crippen MR) is 78.5 cm³/mol. The lowest BCUT2D eigenvalue weighted by Gasteiger charge is -2.17. The van der Waals surface area contributed by atoms with Gasteiger partial charge >= 0.3 is 0 Å². The lowest BCUT2D eigenvalue weighted by molar-refractivity contribution is -0.121. The Morgan fingerprint density at radius 3 is 2.79 bits per heavy atom. The molecule has 0 radical (unpaired) electrons. The van der Waals surface area contributed by atoms with Gasteiger partial charge in [0.2, 0.25) is 5.91 Å². The van der Waals surface area contributed by atoms with Crippen LogP contribution in [0.15, 0.2) is 18.2 Å². The lowest BCUT2D eigenvalue weighted by atomic mass is 10.1. The van der Waals surface area contributed by atoms with Crippen molar-refractivity contribution in [3.8, 4) is 0 Å². The van der Waals surface area contributed by atoms with Crippen LogP contribution in [0.1, 0.15) is 24.5 Å². The highest BCUT2D eigenvalue weighted by Gasteiger charge is 2.13. The zero-order valence-corrected chi connectivity index (χ0v) is 12.2. The molecule has 1 rings (SSSR count). The Balaban J connectivity index is 2.47. The number of anilines is 1. The van der Waals surface area contributed by atoms with E-state index in [1.807, 2.05) is 19.1 Å². The molecule has 1 amide bonds. The predicted octanol–water partition coefficient (Wildman–Crippen LogP) is 2.26. The van der Waals surface area contributed by atoms with Gasteiger partial charge in [0.25, 0.3) is 0 Å². The molecule has 0 aromatic heterocycles. The van der Waals surface area contributed by atoms with Crippen LogP contribution in [0, 0.1) is 13.8 Å². The van der Waals surface area contributed by atoms with Gasteiger partial charge in [0.05, 0.1) is 0 Å². The number of hydrogen-bond acceptors (Lipinski definition) is 3. The Morgan fingerprint density at radius 1 is 1.37 bits per heavy atom. The molecule has 0 heterocycles. The van der Waals surface area contributed by atoms with Gasteiger partial charge in [-0.2, -0.15) is 0 Å². The average Bonchev–Trinajstić information content (AvgIpc) is 2.39. The van der Waals surface area contributed by atoms with E-state index < -0.39 is 0 Å². The molecule has 1 aromatic carbocycles. The van der Waals surface area contributed by atoms with E-state index in [0.717, 1.165) is 12.1 Å². The van der Waals surface area contributed by atoms with Crippen molar-refractivity contribution in [1.82, 2.24) is 5.32 Å². The summed E-state index contributed by atoms with van der Waals surface area (Å²) in [5.74, 6) is 0.0111. The van der Waals surface area contributed by atoms with Crippen molar-refractivity contribution < 1.29 is 9.53 Å². The molecule has 0 bridgehead atoms. The molecule has 1 atom stereocenters. The highest BCUT2D eigenvalue weighted by Crippen LogP contribution is 2.18. The summed E-state index contributed by atoms with van der Waals surface area (Å²) in [7, 11) is 1.66. The molecule has 4 heteroatoms. The molecular formula is C15H24N2O2. The summed E-state index contributed by atoms with van der Waals surface area (Å²) in [5, 5.41) is 6.14. The van der Waals surface area contributed by atoms with Gasteiger partial charge in [-0.25, -0.2) is 0 Å². The van der Waals surface area contributed by atoms with Crippen LogP contribution < -0.4 is 10.6 Å². The van der Waals surface area contributed by atoms with Gasteiger partial charge in [0.15, 0.2) is 0 Å². The quantitative estimate of drug-likeness (QED) is 0.743. The second-order valence-electron chi connectivity index (χ2n) is 4.75. The van der Waals surface area contributed by atoms with E-state index in [4.69, 9.17) is 4.74 Å². The molecule has 0 fully saturated rings. The van der Waals surface area contributed by atoms with Gasteiger partial charge in [-0.1, -0.05) is 12.1 Å². The number of hydrogen-bond donors (Lipinski definition) is 2. The van der Waals surface area contributed by atoms with Gasteiger partial charge in [-0.3, -0.25) is 4.79 Å². The minimum absolute atomic E-state index is 0.0111. The number of carbonyl (C=O) groups is 1. The fraction of sp³-hybridized carbons (Fsp3) is 0.533. The number of amides is 1. The molecule has 4 nitrogen and oxygen atoms in total.